The van der Waals surface area contributed by atoms with Crippen LogP contribution < -0.4 is 0 Å². The summed E-state index contributed by atoms with van der Waals surface area (Å²) in [6, 6.07) is 6.30. The Morgan fingerprint density at radius 3 is 2.71 bits per heavy atom. The van der Waals surface area contributed by atoms with Crippen molar-refractivity contribution in [3.8, 4) is 10.6 Å². The minimum Gasteiger partial charge on any atom is -0.253 e. The van der Waals surface area contributed by atoms with Crippen LogP contribution in [-0.2, 0) is 6.42 Å². The van der Waals surface area contributed by atoms with E-state index in [4.69, 9.17) is 0 Å². The van der Waals surface area contributed by atoms with Gasteiger partial charge in [-0.1, -0.05) is 26.2 Å². The van der Waals surface area contributed by atoms with Crippen LogP contribution in [-0.4, -0.2) is 15.0 Å². The van der Waals surface area contributed by atoms with Crippen molar-refractivity contribution in [2.24, 2.45) is 0 Å². The first-order valence-corrected chi connectivity index (χ1v) is 8.35. The third kappa shape index (κ3) is 3.27. The molecule has 21 heavy (non-hydrogen) atoms. The number of fused-ring (bicyclic) bond motifs is 1. The summed E-state index contributed by atoms with van der Waals surface area (Å²) in [4.78, 5) is 15.9. The quantitative estimate of drug-likeness (QED) is 0.609. The topological polar surface area (TPSA) is 38.7 Å². The zero-order chi connectivity index (χ0) is 14.5. The van der Waals surface area contributed by atoms with Crippen LogP contribution in [0.3, 0.4) is 0 Å². The van der Waals surface area contributed by atoms with Crippen molar-refractivity contribution in [1.29, 1.82) is 0 Å². The van der Waals surface area contributed by atoms with Gasteiger partial charge in [0.1, 0.15) is 11.2 Å². The average Bonchev–Trinajstić information content (AvgIpc) is 3.00. The van der Waals surface area contributed by atoms with Gasteiger partial charge >= 0.3 is 0 Å². The molecule has 108 valence electrons. The van der Waals surface area contributed by atoms with Crippen LogP contribution in [0.25, 0.3) is 21.6 Å². The van der Waals surface area contributed by atoms with E-state index < -0.39 is 0 Å². The monoisotopic (exact) mass is 297 g/mol. The molecule has 4 heteroatoms. The van der Waals surface area contributed by atoms with Crippen LogP contribution in [0.5, 0.6) is 0 Å². The highest BCUT2D eigenvalue weighted by Gasteiger charge is 2.09. The Bertz CT molecular complexity index is 715. The first kappa shape index (κ1) is 14.1. The van der Waals surface area contributed by atoms with Gasteiger partial charge in [0.25, 0.3) is 0 Å². The zero-order valence-corrected chi connectivity index (χ0v) is 13.1. The largest absolute Gasteiger partial charge is 0.253 e. The number of pyridine rings is 1. The molecule has 0 aliphatic rings. The minimum atomic E-state index is 0.888. The average molecular weight is 297 g/mol. The van der Waals surface area contributed by atoms with Gasteiger partial charge in [-0.25, -0.2) is 0 Å². The summed E-state index contributed by atoms with van der Waals surface area (Å²) in [7, 11) is 0. The van der Waals surface area contributed by atoms with E-state index in [2.05, 4.69) is 34.0 Å². The smallest absolute Gasteiger partial charge is 0.116 e. The van der Waals surface area contributed by atoms with Crippen molar-refractivity contribution < 1.29 is 0 Å². The Morgan fingerprint density at radius 1 is 0.905 bits per heavy atom. The van der Waals surface area contributed by atoms with E-state index in [9.17, 15) is 0 Å². The van der Waals surface area contributed by atoms with Gasteiger partial charge in [-0.05, 0) is 31.0 Å². The highest BCUT2D eigenvalue weighted by molar-refractivity contribution is 7.15. The molecule has 3 aromatic rings. The lowest BCUT2D eigenvalue weighted by molar-refractivity contribution is 0.670. The summed E-state index contributed by atoms with van der Waals surface area (Å²) in [5.41, 5.74) is 2.74. The van der Waals surface area contributed by atoms with E-state index in [0.717, 1.165) is 16.7 Å². The first-order chi connectivity index (χ1) is 10.4. The van der Waals surface area contributed by atoms with Crippen LogP contribution in [0.2, 0.25) is 0 Å². The highest BCUT2D eigenvalue weighted by Crippen LogP contribution is 2.31. The lowest BCUT2D eigenvalue weighted by atomic mass is 10.1. The molecule has 0 saturated heterocycles. The molecule has 0 fully saturated rings. The number of aromatic nitrogens is 3. The summed E-state index contributed by atoms with van der Waals surface area (Å²) < 4.78 is 0. The fraction of sp³-hybridized carbons (Fsp3) is 0.353. The van der Waals surface area contributed by atoms with Crippen molar-refractivity contribution in [3.05, 3.63) is 41.7 Å². The number of unbranched alkanes of at least 4 members (excludes halogenated alkanes) is 3. The maximum atomic E-state index is 4.51. The fourth-order valence-corrected chi connectivity index (χ4v) is 3.49. The third-order valence-electron chi connectivity index (χ3n) is 3.56. The van der Waals surface area contributed by atoms with Crippen molar-refractivity contribution >= 4 is 22.4 Å². The highest BCUT2D eigenvalue weighted by atomic mass is 32.1. The first-order valence-electron chi connectivity index (χ1n) is 7.53. The molecule has 3 rings (SSSR count). The molecule has 0 spiro atoms. The zero-order valence-electron chi connectivity index (χ0n) is 12.2. The van der Waals surface area contributed by atoms with Crippen molar-refractivity contribution in [3.63, 3.8) is 0 Å². The lowest BCUT2D eigenvalue weighted by Crippen LogP contribution is -1.88. The molecule has 3 aromatic heterocycles. The maximum Gasteiger partial charge on any atom is 0.116 e. The molecule has 0 atom stereocenters. The second kappa shape index (κ2) is 6.76. The standard InChI is InChI=1S/C17H19N3S/c1-2-3-4-5-6-13-7-8-15(21-13)17-16-14(9-10-19-17)18-11-12-20-16/h7-12H,2-6H2,1H3. The molecular weight excluding hydrogens is 278 g/mol. The van der Waals surface area contributed by atoms with Gasteiger partial charge < -0.3 is 0 Å². The summed E-state index contributed by atoms with van der Waals surface area (Å²) in [5, 5.41) is 0. The number of thiophene rings is 1. The molecule has 0 aromatic carbocycles. The van der Waals surface area contributed by atoms with Gasteiger partial charge in [0.05, 0.1) is 10.4 Å². The van der Waals surface area contributed by atoms with Crippen LogP contribution in [0.15, 0.2) is 36.8 Å². The molecule has 0 amide bonds. The molecular formula is C17H19N3S. The summed E-state index contributed by atoms with van der Waals surface area (Å²) in [5.74, 6) is 0. The van der Waals surface area contributed by atoms with E-state index >= 15 is 0 Å². The molecule has 3 heterocycles. The van der Waals surface area contributed by atoms with E-state index in [1.165, 1.54) is 41.9 Å². The number of aryl methyl sites for hydroxylation is 1. The van der Waals surface area contributed by atoms with E-state index in [1.54, 1.807) is 12.4 Å². The van der Waals surface area contributed by atoms with Crippen molar-refractivity contribution in [2.45, 2.75) is 39.0 Å². The Kier molecular flexibility index (Phi) is 4.55. The van der Waals surface area contributed by atoms with E-state index in [1.807, 2.05) is 23.6 Å². The fourth-order valence-electron chi connectivity index (χ4n) is 2.44. The summed E-state index contributed by atoms with van der Waals surface area (Å²) in [6.45, 7) is 2.25. The predicted molar refractivity (Wildman–Crippen MR) is 88.5 cm³/mol. The number of rotatable bonds is 6. The van der Waals surface area contributed by atoms with Gasteiger partial charge in [0.15, 0.2) is 0 Å². The molecule has 0 saturated carbocycles. The van der Waals surface area contributed by atoms with Crippen LogP contribution >= 0.6 is 11.3 Å². The second-order valence-corrected chi connectivity index (χ2v) is 6.33. The SMILES string of the molecule is CCCCCCc1ccc(-c2nccc3nccnc23)s1. The minimum absolute atomic E-state index is 0.888. The third-order valence-corrected chi connectivity index (χ3v) is 4.71. The Hall–Kier alpha value is -1.81. The predicted octanol–water partition coefficient (Wildman–Crippen LogP) is 4.88. The van der Waals surface area contributed by atoms with Gasteiger partial charge in [-0.15, -0.1) is 11.3 Å². The molecule has 0 bridgehead atoms. The van der Waals surface area contributed by atoms with Gasteiger partial charge in [0, 0.05) is 23.5 Å². The number of nitrogens with zero attached hydrogens (tertiary/aromatic N) is 3. The van der Waals surface area contributed by atoms with Crippen molar-refractivity contribution in [1.82, 2.24) is 15.0 Å². The van der Waals surface area contributed by atoms with Gasteiger partial charge in [-0.2, -0.15) is 0 Å². The Morgan fingerprint density at radius 2 is 1.81 bits per heavy atom. The number of hydrogen-bond donors (Lipinski definition) is 0. The summed E-state index contributed by atoms with van der Waals surface area (Å²) >= 11 is 1.83. The normalized spacial score (nSPS) is 11.1. The van der Waals surface area contributed by atoms with Gasteiger partial charge in [0.2, 0.25) is 0 Å². The van der Waals surface area contributed by atoms with E-state index in [0.29, 0.717) is 0 Å². The molecule has 0 N–H and O–H groups in total. The Labute approximate surface area is 129 Å². The maximum absolute atomic E-state index is 4.51. The molecule has 0 radical (unpaired) electrons. The molecule has 3 nitrogen and oxygen atoms in total. The van der Waals surface area contributed by atoms with E-state index in [-0.39, 0.29) is 0 Å². The summed E-state index contributed by atoms with van der Waals surface area (Å²) in [6.07, 6.45) is 11.6. The lowest BCUT2D eigenvalue weighted by Gasteiger charge is -2.01. The number of hydrogen-bond acceptors (Lipinski definition) is 4. The molecule has 0 aliphatic heterocycles. The van der Waals surface area contributed by atoms with Crippen LogP contribution in [0.1, 0.15) is 37.5 Å². The van der Waals surface area contributed by atoms with Crippen molar-refractivity contribution in [2.75, 3.05) is 0 Å². The molecule has 0 aliphatic carbocycles. The molecule has 0 unspecified atom stereocenters. The van der Waals surface area contributed by atoms with Crippen LogP contribution in [0.4, 0.5) is 0 Å². The second-order valence-electron chi connectivity index (χ2n) is 5.16. The van der Waals surface area contributed by atoms with Crippen LogP contribution in [0, 0.1) is 0 Å². The Balaban J connectivity index is 1.81. The van der Waals surface area contributed by atoms with Gasteiger partial charge in [-0.3, -0.25) is 15.0 Å².